The molecule has 3 aromatic rings. The fourth-order valence-electron chi connectivity index (χ4n) is 4.43. The van der Waals surface area contributed by atoms with E-state index in [4.69, 9.17) is 4.74 Å². The molecule has 0 saturated carbocycles. The van der Waals surface area contributed by atoms with Crippen LogP contribution in [0.15, 0.2) is 104 Å². The van der Waals surface area contributed by atoms with Gasteiger partial charge in [-0.15, -0.1) is 0 Å². The number of hydrogen-bond acceptors (Lipinski definition) is 3. The number of benzene rings is 3. The van der Waals surface area contributed by atoms with E-state index >= 15 is 0 Å². The molecule has 0 aliphatic rings. The molecule has 0 spiro atoms. The first-order valence-electron chi connectivity index (χ1n) is 11.1. The van der Waals surface area contributed by atoms with E-state index in [9.17, 15) is 9.59 Å². The third-order valence-electron chi connectivity index (χ3n) is 6.13. The average Bonchev–Trinajstić information content (AvgIpc) is 2.86. The van der Waals surface area contributed by atoms with Crippen molar-refractivity contribution in [2.75, 3.05) is 11.0 Å². The van der Waals surface area contributed by atoms with Crippen molar-refractivity contribution in [3.05, 3.63) is 104 Å². The van der Waals surface area contributed by atoms with Crippen molar-refractivity contribution in [2.24, 2.45) is 5.41 Å². The number of carbonyl (C=O) groups is 2. The van der Waals surface area contributed by atoms with Gasteiger partial charge in [0.15, 0.2) is 0 Å². The van der Waals surface area contributed by atoms with E-state index < -0.39 is 18.7 Å². The van der Waals surface area contributed by atoms with Crippen molar-refractivity contribution in [2.45, 2.75) is 19.8 Å². The van der Waals surface area contributed by atoms with E-state index in [1.165, 1.54) is 0 Å². The summed E-state index contributed by atoms with van der Waals surface area (Å²) in [5, 5.41) is 0. The number of carbonyl (C=O) groups excluding carboxylic acids is 2. The van der Waals surface area contributed by atoms with Gasteiger partial charge in [-0.3, -0.25) is 0 Å². The molecule has 0 radical (unpaired) electrons. The van der Waals surface area contributed by atoms with Gasteiger partial charge in [0, 0.05) is 0 Å². The summed E-state index contributed by atoms with van der Waals surface area (Å²) in [5.41, 5.74) is -1.04. The van der Waals surface area contributed by atoms with E-state index in [1.54, 1.807) is 13.0 Å². The molecule has 0 aliphatic carbocycles. The number of rotatable bonds is 11. The molecule has 0 aromatic heterocycles. The van der Waals surface area contributed by atoms with E-state index in [2.05, 4.69) is 65.6 Å². The Morgan fingerprint density at radius 3 is 1.64 bits per heavy atom. The zero-order valence-electron chi connectivity index (χ0n) is 18.9. The first-order chi connectivity index (χ1) is 16.0. The van der Waals surface area contributed by atoms with Gasteiger partial charge in [0.25, 0.3) is 0 Å². The first-order valence-corrected chi connectivity index (χ1v) is 16.8. The van der Waals surface area contributed by atoms with Gasteiger partial charge in [0.1, 0.15) is 0 Å². The van der Waals surface area contributed by atoms with Gasteiger partial charge >= 0.3 is 214 Å². The number of hydrogen-bond donors (Lipinski definition) is 0. The molecule has 0 bridgehead atoms. The average molecular weight is 613 g/mol. The van der Waals surface area contributed by atoms with Gasteiger partial charge in [0.2, 0.25) is 0 Å². The molecular formula is C28H29GeIO3. The van der Waals surface area contributed by atoms with Gasteiger partial charge < -0.3 is 0 Å². The Balaban J connectivity index is 2.28. The molecule has 0 aliphatic heterocycles. The molecule has 0 heterocycles. The second-order valence-corrected chi connectivity index (χ2v) is 17.0. The molecular weight excluding hydrogens is 584 g/mol. The monoisotopic (exact) mass is 614 g/mol. The number of alkyl halides is 1. The van der Waals surface area contributed by atoms with Crippen molar-refractivity contribution in [1.29, 1.82) is 0 Å². The first kappa shape index (κ1) is 25.4. The Labute approximate surface area is 212 Å². The molecule has 170 valence electrons. The molecule has 1 unspecified atom stereocenters. The predicted octanol–water partition coefficient (Wildman–Crippen LogP) is 4.22. The number of halogens is 1. The van der Waals surface area contributed by atoms with Crippen molar-refractivity contribution in [3.8, 4) is 0 Å². The van der Waals surface area contributed by atoms with Crippen LogP contribution in [0.3, 0.4) is 0 Å². The Morgan fingerprint density at radius 1 is 0.879 bits per heavy atom. The van der Waals surface area contributed by atoms with Crippen LogP contribution in [-0.2, 0) is 14.3 Å². The third kappa shape index (κ3) is 5.17. The molecule has 0 saturated heterocycles. The van der Waals surface area contributed by atoms with Gasteiger partial charge in [0.05, 0.1) is 0 Å². The molecule has 3 rings (SSSR count). The fourth-order valence-corrected chi connectivity index (χ4v) is 15.1. The SMILES string of the molecule is C=CC(CCI)(C[C](=O)[Ge]([c]1ccccc1)([c]1ccccc1)[c]1ccccc1)C(=O)OCC. The summed E-state index contributed by atoms with van der Waals surface area (Å²) in [6, 6.07) is 30.3. The van der Waals surface area contributed by atoms with Crippen LogP contribution in [0.5, 0.6) is 0 Å². The molecule has 33 heavy (non-hydrogen) atoms. The van der Waals surface area contributed by atoms with E-state index in [0.717, 1.165) is 17.6 Å². The fraction of sp³-hybridized carbons (Fsp3) is 0.214. The Hall–Kier alpha value is -2.19. The van der Waals surface area contributed by atoms with E-state index in [1.807, 2.05) is 54.6 Å². The minimum atomic E-state index is -3.87. The van der Waals surface area contributed by atoms with Crippen LogP contribution < -0.4 is 13.2 Å². The van der Waals surface area contributed by atoms with Crippen molar-refractivity contribution >= 4 is 59.6 Å². The van der Waals surface area contributed by atoms with Gasteiger partial charge in [-0.05, 0) is 0 Å². The zero-order valence-corrected chi connectivity index (χ0v) is 23.1. The maximum atomic E-state index is 14.6. The van der Waals surface area contributed by atoms with E-state index in [-0.39, 0.29) is 23.6 Å². The number of ether oxygens (including phenoxy) is 1. The van der Waals surface area contributed by atoms with Crippen LogP contribution >= 0.6 is 22.6 Å². The predicted molar refractivity (Wildman–Crippen MR) is 146 cm³/mol. The molecule has 0 fully saturated rings. The van der Waals surface area contributed by atoms with Crippen LogP contribution in [0.4, 0.5) is 0 Å². The standard InChI is InChI=1S/C28H29GeIO3/c1-3-28(20-21-30,27(32)33-4-2)22-26(31)29(23-14-8-5-9-15-23,24-16-10-6-11-17-24)25-18-12-7-13-19-25/h3,5-19H,1,4,20-22H2,2H3. The van der Waals surface area contributed by atoms with Crippen LogP contribution in [0.25, 0.3) is 0 Å². The molecule has 5 heteroatoms. The summed E-state index contributed by atoms with van der Waals surface area (Å²) >= 11 is -1.63. The topological polar surface area (TPSA) is 43.4 Å². The summed E-state index contributed by atoms with van der Waals surface area (Å²) in [7, 11) is 0. The van der Waals surface area contributed by atoms with Crippen molar-refractivity contribution < 1.29 is 14.3 Å². The maximum absolute atomic E-state index is 14.6. The quantitative estimate of drug-likeness (QED) is 0.107. The summed E-state index contributed by atoms with van der Waals surface area (Å²) in [6.07, 6.45) is 2.23. The third-order valence-corrected chi connectivity index (χ3v) is 16.3. The molecule has 0 amide bonds. The van der Waals surface area contributed by atoms with Crippen LogP contribution in [-0.4, -0.2) is 34.9 Å². The summed E-state index contributed by atoms with van der Waals surface area (Å²) in [4.78, 5) is 27.8. The van der Waals surface area contributed by atoms with Gasteiger partial charge in [-0.2, -0.15) is 0 Å². The zero-order chi connectivity index (χ0) is 23.7. The Kier molecular flexibility index (Phi) is 9.09. The van der Waals surface area contributed by atoms with Crippen molar-refractivity contribution in [3.63, 3.8) is 0 Å². The van der Waals surface area contributed by atoms with Gasteiger partial charge in [-0.1, -0.05) is 0 Å². The summed E-state index contributed by atoms with van der Waals surface area (Å²) < 4.78 is 9.43. The minimum absolute atomic E-state index is 0.0804. The molecule has 3 nitrogen and oxygen atoms in total. The summed E-state index contributed by atoms with van der Waals surface area (Å²) in [6.45, 7) is 6.03. The molecule has 0 N–H and O–H groups in total. The van der Waals surface area contributed by atoms with Crippen LogP contribution in [0.2, 0.25) is 0 Å². The van der Waals surface area contributed by atoms with Crippen LogP contribution in [0, 0.1) is 5.41 Å². The molecule has 1 atom stereocenters. The second-order valence-electron chi connectivity index (χ2n) is 7.97. The molecule has 3 aromatic carbocycles. The second kappa shape index (κ2) is 11.8. The Morgan fingerprint density at radius 2 is 1.30 bits per heavy atom. The normalized spacial score (nSPS) is 13.0. The summed E-state index contributed by atoms with van der Waals surface area (Å²) in [5.74, 6) is -0.365. The van der Waals surface area contributed by atoms with E-state index in [0.29, 0.717) is 6.42 Å². The van der Waals surface area contributed by atoms with Crippen LogP contribution in [0.1, 0.15) is 19.8 Å². The van der Waals surface area contributed by atoms with Gasteiger partial charge in [-0.25, -0.2) is 0 Å². The van der Waals surface area contributed by atoms with Crippen molar-refractivity contribution in [1.82, 2.24) is 0 Å². The Bertz CT molecular complexity index is 973. The number of esters is 1.